The molecule has 0 unspecified atom stereocenters. The molecule has 3 rings (SSSR count). The molecular formula is C29H33ClFN3O5S. The van der Waals surface area contributed by atoms with E-state index in [2.05, 4.69) is 5.32 Å². The summed E-state index contributed by atoms with van der Waals surface area (Å²) in [6.45, 7) is 3.41. The number of methoxy groups -OCH3 is 1. The number of nitrogens with one attached hydrogen (secondary N) is 1. The van der Waals surface area contributed by atoms with Crippen molar-refractivity contribution in [3.05, 3.63) is 89.2 Å². The van der Waals surface area contributed by atoms with Gasteiger partial charge in [-0.2, -0.15) is 0 Å². The van der Waals surface area contributed by atoms with Crippen molar-refractivity contribution < 1.29 is 27.1 Å². The molecule has 0 bridgehead atoms. The Labute approximate surface area is 239 Å². The maximum Gasteiger partial charge on any atom is 0.264 e. The number of carbonyl (C=O) groups is 2. The minimum Gasteiger partial charge on any atom is -0.495 e. The van der Waals surface area contributed by atoms with Gasteiger partial charge in [-0.05, 0) is 60.9 Å². The molecule has 0 heterocycles. The van der Waals surface area contributed by atoms with Crippen LogP contribution >= 0.6 is 11.6 Å². The van der Waals surface area contributed by atoms with E-state index in [0.717, 1.165) is 4.31 Å². The number of ether oxygens (including phenoxy) is 1. The van der Waals surface area contributed by atoms with E-state index in [4.69, 9.17) is 16.3 Å². The average Bonchev–Trinajstić information content (AvgIpc) is 2.95. The van der Waals surface area contributed by atoms with E-state index >= 15 is 0 Å². The monoisotopic (exact) mass is 589 g/mol. The molecular weight excluding hydrogens is 557 g/mol. The summed E-state index contributed by atoms with van der Waals surface area (Å²) in [5.41, 5.74) is 0.645. The van der Waals surface area contributed by atoms with Gasteiger partial charge >= 0.3 is 0 Å². The number of amides is 2. The van der Waals surface area contributed by atoms with Crippen molar-refractivity contribution in [2.24, 2.45) is 0 Å². The molecule has 0 aliphatic carbocycles. The van der Waals surface area contributed by atoms with Crippen molar-refractivity contribution in [2.45, 2.75) is 44.2 Å². The predicted molar refractivity (Wildman–Crippen MR) is 153 cm³/mol. The van der Waals surface area contributed by atoms with E-state index in [1.165, 1.54) is 60.5 Å². The lowest BCUT2D eigenvalue weighted by molar-refractivity contribution is -0.140. The van der Waals surface area contributed by atoms with E-state index in [1.807, 2.05) is 6.92 Å². The van der Waals surface area contributed by atoms with Gasteiger partial charge < -0.3 is 15.0 Å². The molecule has 1 N–H and O–H groups in total. The Morgan fingerprint density at radius 3 is 2.30 bits per heavy atom. The number of hydrogen-bond donors (Lipinski definition) is 1. The maximum atomic E-state index is 14.0. The zero-order valence-electron chi connectivity index (χ0n) is 22.6. The Hall–Kier alpha value is -3.63. The Morgan fingerprint density at radius 2 is 1.70 bits per heavy atom. The molecule has 3 aromatic rings. The van der Waals surface area contributed by atoms with Gasteiger partial charge in [-0.3, -0.25) is 13.9 Å². The zero-order valence-corrected chi connectivity index (χ0v) is 24.2. The molecule has 0 aliphatic rings. The number of nitrogens with zero attached hydrogens (tertiary/aromatic N) is 2. The molecule has 0 spiro atoms. The third kappa shape index (κ3) is 7.51. The standard InChI is InChI=1S/C29H33ClFN3O5S/c1-4-17-32-29(36)25(5-2)33(19-21-11-14-23(31)15-12-21)28(35)20-34(26-18-22(30)13-16-27(26)39-3)40(37,38)24-9-7-6-8-10-24/h6-16,18,25H,4-5,17,19-20H2,1-3H3,(H,32,36)/t25-/m1/s1. The fourth-order valence-corrected chi connectivity index (χ4v) is 5.77. The SMILES string of the molecule is CCCNC(=O)[C@@H](CC)N(Cc1ccc(F)cc1)C(=O)CN(c1cc(Cl)ccc1OC)S(=O)(=O)c1ccccc1. The number of benzene rings is 3. The zero-order chi connectivity index (χ0) is 29.3. The van der Waals surface area contributed by atoms with Crippen LogP contribution in [0.15, 0.2) is 77.7 Å². The topological polar surface area (TPSA) is 96.0 Å². The van der Waals surface area contributed by atoms with Gasteiger partial charge in [-0.25, -0.2) is 12.8 Å². The molecule has 0 saturated carbocycles. The summed E-state index contributed by atoms with van der Waals surface area (Å²) in [5.74, 6) is -1.25. The summed E-state index contributed by atoms with van der Waals surface area (Å²) in [6.07, 6.45) is 0.972. The molecule has 0 aliphatic heterocycles. The third-order valence-corrected chi connectivity index (χ3v) is 8.23. The Balaban J connectivity index is 2.10. The lowest BCUT2D eigenvalue weighted by Gasteiger charge is -2.33. The van der Waals surface area contributed by atoms with Gasteiger partial charge in [0.2, 0.25) is 11.8 Å². The molecule has 214 valence electrons. The summed E-state index contributed by atoms with van der Waals surface area (Å²) in [4.78, 5) is 28.4. The highest BCUT2D eigenvalue weighted by Gasteiger charge is 2.34. The van der Waals surface area contributed by atoms with Crippen LogP contribution in [0.25, 0.3) is 0 Å². The minimum atomic E-state index is -4.28. The van der Waals surface area contributed by atoms with Crippen LogP contribution in [0.5, 0.6) is 5.75 Å². The highest BCUT2D eigenvalue weighted by molar-refractivity contribution is 7.92. The van der Waals surface area contributed by atoms with Crippen molar-refractivity contribution in [2.75, 3.05) is 24.5 Å². The Morgan fingerprint density at radius 1 is 1.02 bits per heavy atom. The number of sulfonamides is 1. The van der Waals surface area contributed by atoms with Gasteiger partial charge in [0.05, 0.1) is 17.7 Å². The second-order valence-corrected chi connectivity index (χ2v) is 11.3. The number of carbonyl (C=O) groups excluding carboxylic acids is 2. The minimum absolute atomic E-state index is 0.0386. The summed E-state index contributed by atoms with van der Waals surface area (Å²) in [7, 11) is -2.90. The van der Waals surface area contributed by atoms with E-state index in [1.54, 1.807) is 31.2 Å². The molecule has 0 saturated heterocycles. The van der Waals surface area contributed by atoms with Gasteiger partial charge in [0.1, 0.15) is 24.2 Å². The maximum absolute atomic E-state index is 14.0. The first kappa shape index (κ1) is 30.9. The Bertz CT molecular complexity index is 1400. The van der Waals surface area contributed by atoms with Gasteiger partial charge in [0, 0.05) is 18.1 Å². The van der Waals surface area contributed by atoms with E-state index in [-0.39, 0.29) is 40.2 Å². The first-order chi connectivity index (χ1) is 19.1. The van der Waals surface area contributed by atoms with Crippen LogP contribution in [-0.4, -0.2) is 51.4 Å². The fourth-order valence-electron chi connectivity index (χ4n) is 4.16. The van der Waals surface area contributed by atoms with E-state index in [9.17, 15) is 22.4 Å². The fraction of sp³-hybridized carbons (Fsp3) is 0.310. The summed E-state index contributed by atoms with van der Waals surface area (Å²) >= 11 is 6.24. The third-order valence-electron chi connectivity index (χ3n) is 6.22. The van der Waals surface area contributed by atoms with Crippen LogP contribution in [0.4, 0.5) is 10.1 Å². The number of halogens is 2. The normalized spacial score (nSPS) is 11.9. The first-order valence-electron chi connectivity index (χ1n) is 12.8. The Kier molecular flexibility index (Phi) is 10.9. The molecule has 8 nitrogen and oxygen atoms in total. The second kappa shape index (κ2) is 14.1. The molecule has 0 radical (unpaired) electrons. The van der Waals surface area contributed by atoms with Crippen LogP contribution in [0, 0.1) is 5.82 Å². The van der Waals surface area contributed by atoms with Crippen molar-refractivity contribution in [1.29, 1.82) is 0 Å². The largest absolute Gasteiger partial charge is 0.495 e. The summed E-state index contributed by atoms with van der Waals surface area (Å²) in [5, 5.41) is 3.06. The molecule has 3 aromatic carbocycles. The highest BCUT2D eigenvalue weighted by Crippen LogP contribution is 2.35. The average molecular weight is 590 g/mol. The number of hydrogen-bond acceptors (Lipinski definition) is 5. The second-order valence-electron chi connectivity index (χ2n) is 9.00. The van der Waals surface area contributed by atoms with Crippen molar-refractivity contribution in [1.82, 2.24) is 10.2 Å². The van der Waals surface area contributed by atoms with Crippen LogP contribution in [0.2, 0.25) is 5.02 Å². The molecule has 1 atom stereocenters. The summed E-state index contributed by atoms with van der Waals surface area (Å²) < 4.78 is 47.8. The summed E-state index contributed by atoms with van der Waals surface area (Å²) in [6, 6.07) is 16.8. The van der Waals surface area contributed by atoms with Gasteiger partial charge in [-0.15, -0.1) is 0 Å². The van der Waals surface area contributed by atoms with Crippen molar-refractivity contribution >= 4 is 39.1 Å². The van der Waals surface area contributed by atoms with Crippen molar-refractivity contribution in [3.63, 3.8) is 0 Å². The molecule has 0 aromatic heterocycles. The first-order valence-corrected chi connectivity index (χ1v) is 14.7. The number of anilines is 1. The van der Waals surface area contributed by atoms with Crippen LogP contribution in [0.3, 0.4) is 0 Å². The van der Waals surface area contributed by atoms with Crippen LogP contribution < -0.4 is 14.4 Å². The number of rotatable bonds is 13. The van der Waals surface area contributed by atoms with Crippen molar-refractivity contribution in [3.8, 4) is 5.75 Å². The lowest BCUT2D eigenvalue weighted by Crippen LogP contribution is -2.52. The molecule has 11 heteroatoms. The van der Waals surface area contributed by atoms with E-state index < -0.39 is 34.3 Å². The predicted octanol–water partition coefficient (Wildman–Crippen LogP) is 5.02. The van der Waals surface area contributed by atoms with Crippen LogP contribution in [0.1, 0.15) is 32.3 Å². The molecule has 0 fully saturated rings. The van der Waals surface area contributed by atoms with E-state index in [0.29, 0.717) is 18.5 Å². The van der Waals surface area contributed by atoms with Gasteiger partial charge in [-0.1, -0.05) is 55.8 Å². The van der Waals surface area contributed by atoms with Gasteiger partial charge in [0.15, 0.2) is 0 Å². The highest BCUT2D eigenvalue weighted by atomic mass is 35.5. The molecule has 2 amide bonds. The smallest absolute Gasteiger partial charge is 0.264 e. The van der Waals surface area contributed by atoms with Gasteiger partial charge in [0.25, 0.3) is 10.0 Å². The quantitative estimate of drug-likeness (QED) is 0.302. The molecule has 40 heavy (non-hydrogen) atoms. The lowest BCUT2D eigenvalue weighted by atomic mass is 10.1. The van der Waals surface area contributed by atoms with Crippen LogP contribution in [-0.2, 0) is 26.2 Å².